The molecule has 0 heterocycles. The summed E-state index contributed by atoms with van der Waals surface area (Å²) in [5.74, 6) is 0. The van der Waals surface area contributed by atoms with Gasteiger partial charge in [-0.2, -0.15) is 19.8 Å². The molecular formula is H130K8O64P2Ti3W15. The van der Waals surface area contributed by atoms with E-state index in [1.165, 1.54) is 0 Å². The van der Waals surface area contributed by atoms with Crippen molar-refractivity contribution in [3.05, 3.63) is 0 Å². The molecule has 0 aromatic heterocycles. The molecule has 0 bridgehead atoms. The van der Waals surface area contributed by atoms with Crippen LogP contribution >= 0.6 is 19.8 Å². The third-order valence-corrected chi connectivity index (χ3v) is 0. The third-order valence-electron chi connectivity index (χ3n) is 0. The monoisotopic (exact) mass is 4430 g/mol. The molecule has 8 radical (unpaired) electrons. The van der Waals surface area contributed by atoms with Crippen LogP contribution in [0.5, 0.6) is 0 Å². The Kier molecular flexibility index (Phi) is 65000. The first kappa shape index (κ1) is 2290. The fraction of sp³-hybridized carbons (Fsp3) is 0. The molecule has 2 atom stereocenters. The molecule has 92 heavy (non-hydrogen) atoms. The third kappa shape index (κ3) is 2550. The van der Waals surface area contributed by atoms with Gasteiger partial charge in [-0.25, -0.2) is 0 Å². The summed E-state index contributed by atoms with van der Waals surface area (Å²) < 4.78 is 0. The predicted molar refractivity (Wildman–Crippen MR) is 296 cm³/mol. The fourth-order valence-corrected chi connectivity index (χ4v) is 0. The molecule has 92 heteroatoms. The van der Waals surface area contributed by atoms with Crippen LogP contribution in [0, 0.1) is 0 Å². The minimum atomic E-state index is 0. The molecule has 0 aliphatic heterocycles. The molecule has 0 aromatic rings. The summed E-state index contributed by atoms with van der Waals surface area (Å²) in [4.78, 5) is 0. The maximum absolute atomic E-state index is 6.00. The van der Waals surface area contributed by atoms with Crippen LogP contribution in [0.4, 0.5) is 0 Å². The maximum Gasteiger partial charge on any atom is 0 e. The minimum absolute atomic E-state index is 0. The van der Waals surface area contributed by atoms with Crippen LogP contribution in [0.3, 0.4) is 0 Å². The second kappa shape index (κ2) is 2620. The Morgan fingerprint density at radius 3 is 0.0761 bits per heavy atom. The topological polar surface area (TPSA) is 1970 Å². The molecule has 0 aliphatic carbocycles. The van der Waals surface area contributed by atoms with E-state index in [1.807, 2.05) is 0 Å². The first-order chi connectivity index (χ1) is 2.00. The Balaban J connectivity index is -0.00000000000505. The van der Waals surface area contributed by atoms with Crippen LogP contribution < -0.4 is 0 Å². The zero-order valence-electron chi connectivity index (χ0n) is 48.8. The SMILES string of the molecule is O.O.O.O.O.O.O.O.O.O.O.O.O.O.O.O.O.O.O.O.O.O.O.O.O.O.O.O.O.O.O.O.O.O.O.O.O.O.O.O.O.O.O.O.O.O.O.O.O.O.O.O.O.O.O.O.O.O.O.O.OO.OO.P.P.[K].[K].[K].[K].[K].[K].[K].[K].[Ti].[Ti].[Ti].[W].[W].[W].[W].[W].[W].[W].[W].[W].[W].[W].[W].[W].[W].[W]. The Bertz CT molecular complexity index is 127. The molecule has 0 aliphatic rings. The molecule has 0 fully saturated rings. The summed E-state index contributed by atoms with van der Waals surface area (Å²) in [5.41, 5.74) is 0. The summed E-state index contributed by atoms with van der Waals surface area (Å²) in [6.07, 6.45) is 0. The average molecular weight is 4430 g/mol. The van der Waals surface area contributed by atoms with E-state index in [9.17, 15) is 0 Å². The van der Waals surface area contributed by atoms with Crippen LogP contribution in [0.15, 0.2) is 0 Å². The quantitative estimate of drug-likeness (QED) is 0.0795. The molecule has 0 spiro atoms. The van der Waals surface area contributed by atoms with Crippen LogP contribution in [0.25, 0.3) is 0 Å². The Labute approximate surface area is 1130 Å². The van der Waals surface area contributed by atoms with Crippen molar-refractivity contribution in [1.82, 2.24) is 0 Å². The van der Waals surface area contributed by atoms with Crippen LogP contribution in [-0.2, 0) is 381 Å². The molecule has 0 saturated heterocycles. The molecule has 0 rings (SSSR count). The van der Waals surface area contributed by atoms with E-state index in [0.717, 1.165) is 0 Å². The van der Waals surface area contributed by atoms with E-state index in [4.69, 9.17) is 21.0 Å². The first-order valence-electron chi connectivity index (χ1n) is 0.400. The molecule has 124 N–H and O–H groups in total. The van der Waals surface area contributed by atoms with E-state index >= 15 is 0 Å². The van der Waals surface area contributed by atoms with Crippen molar-refractivity contribution in [2.24, 2.45) is 0 Å². The van der Waals surface area contributed by atoms with Gasteiger partial charge in [0.2, 0.25) is 0 Å². The normalized spacial score (nSPS) is 0.130. The molecule has 634 valence electrons. The van der Waals surface area contributed by atoms with Gasteiger partial charge in [0, 0.05) is 792 Å². The zero-order chi connectivity index (χ0) is 4.00. The number of rotatable bonds is 0. The van der Waals surface area contributed by atoms with Crippen molar-refractivity contribution in [2.45, 2.75) is 0 Å². The van der Waals surface area contributed by atoms with Gasteiger partial charge in [0.15, 0.2) is 0 Å². The average Bonchev–Trinajstić information content (AvgIpc) is 1.50. The molecule has 64 nitrogen and oxygen atoms in total. The van der Waals surface area contributed by atoms with Crippen molar-refractivity contribution < 1.29 is 731 Å². The Morgan fingerprint density at radius 2 is 0.0761 bits per heavy atom. The second-order valence-corrected chi connectivity index (χ2v) is 0. The van der Waals surface area contributed by atoms with Gasteiger partial charge in [-0.05, 0) is 0 Å². The molecule has 2 unspecified atom stereocenters. The van der Waals surface area contributed by atoms with Gasteiger partial charge in [-0.15, -0.1) is 0 Å². The van der Waals surface area contributed by atoms with Crippen LogP contribution in [-0.4, -0.2) is 761 Å². The zero-order valence-corrected chi connectivity index (χ0v) is 125. The van der Waals surface area contributed by atoms with Gasteiger partial charge in [0.05, 0.1) is 0 Å². The van der Waals surface area contributed by atoms with Gasteiger partial charge >= 0.3 is 0 Å². The smallest absolute Gasteiger partial charge is 0 e. The van der Waals surface area contributed by atoms with Crippen LogP contribution in [0.1, 0.15) is 0 Å². The Hall–Kier alpha value is 23.9. The summed E-state index contributed by atoms with van der Waals surface area (Å²) in [6.45, 7) is 0. The van der Waals surface area contributed by atoms with Crippen molar-refractivity contribution in [2.75, 3.05) is 0 Å². The standard InChI is InChI=1S/8K.2H2O2.60H2O.2H3P.3Ti.15W/c;;;;;;;;2*1-2;;;;;;;;;;;;;;;;;;;;;;;;;;;;;;;;;;;;;;;;;;;;;;;;;;;;;;;;;;;;;;;;;;;;;;;;;;;;;;;;/h;;;;;;;;2*1-2H;60*1H2;2*1H3;;;;;;;;;;;;;;;;;;. The second-order valence-electron chi connectivity index (χ2n) is 0. The molecule has 0 saturated carbocycles. The van der Waals surface area contributed by atoms with Gasteiger partial charge in [-0.3, -0.25) is 21.0 Å². The van der Waals surface area contributed by atoms with Crippen molar-refractivity contribution in [3.63, 3.8) is 0 Å². The maximum atomic E-state index is 6.00. The van der Waals surface area contributed by atoms with E-state index in [2.05, 4.69) is 0 Å². The first-order valence-corrected chi connectivity index (χ1v) is 0.400. The molecule has 0 amide bonds. The summed E-state index contributed by atoms with van der Waals surface area (Å²) in [7, 11) is 0. The molecular weight excluding hydrogens is 4300 g/mol. The predicted octanol–water partition coefficient (Wildman–Crippen LogP) is -52.4. The van der Waals surface area contributed by atoms with Gasteiger partial charge < -0.3 is 329 Å². The molecule has 0 aromatic carbocycles. The van der Waals surface area contributed by atoms with Gasteiger partial charge in [-0.1, -0.05) is 0 Å². The van der Waals surface area contributed by atoms with Crippen LogP contribution in [0.2, 0.25) is 0 Å². The van der Waals surface area contributed by atoms with E-state index < -0.39 is 0 Å². The summed E-state index contributed by atoms with van der Waals surface area (Å²) >= 11 is 0. The number of hydrogen-bond acceptors (Lipinski definition) is 4. The van der Waals surface area contributed by atoms with E-state index in [1.54, 1.807) is 0 Å². The van der Waals surface area contributed by atoms with Crippen molar-refractivity contribution >= 4 is 431 Å². The number of hydrogen-bond donors (Lipinski definition) is 4. The van der Waals surface area contributed by atoms with Crippen molar-refractivity contribution in [3.8, 4) is 0 Å². The van der Waals surface area contributed by atoms with E-state index in [-0.39, 0.29) is 1140 Å². The Morgan fingerprint density at radius 1 is 0.0761 bits per heavy atom. The fourth-order valence-electron chi connectivity index (χ4n) is 0. The van der Waals surface area contributed by atoms with E-state index in [0.29, 0.717) is 0 Å². The summed E-state index contributed by atoms with van der Waals surface area (Å²) in [6, 6.07) is 0. The van der Waals surface area contributed by atoms with Gasteiger partial charge in [0.1, 0.15) is 0 Å². The summed E-state index contributed by atoms with van der Waals surface area (Å²) in [5, 5.41) is 24.0. The largest absolute Gasteiger partial charge is 0.412 e. The minimum Gasteiger partial charge on any atom is -0.412 e. The van der Waals surface area contributed by atoms with Gasteiger partial charge in [0.25, 0.3) is 0 Å². The van der Waals surface area contributed by atoms with Crippen molar-refractivity contribution in [1.29, 1.82) is 0 Å².